The molecule has 3 aromatic rings. The summed E-state index contributed by atoms with van der Waals surface area (Å²) in [6.45, 7) is 0.676. The first kappa shape index (κ1) is 12.1. The van der Waals surface area contributed by atoms with E-state index in [-0.39, 0.29) is 0 Å². The zero-order valence-corrected chi connectivity index (χ0v) is 11.6. The van der Waals surface area contributed by atoms with Gasteiger partial charge in [-0.05, 0) is 31.0 Å². The van der Waals surface area contributed by atoms with Crippen molar-refractivity contribution >= 4 is 5.82 Å². The number of hydrogen-bond donors (Lipinski definition) is 1. The summed E-state index contributed by atoms with van der Waals surface area (Å²) >= 11 is 0. The van der Waals surface area contributed by atoms with E-state index in [4.69, 9.17) is 0 Å². The van der Waals surface area contributed by atoms with E-state index >= 15 is 0 Å². The average Bonchev–Trinajstić information content (AvgIpc) is 3.05. The molecule has 1 aliphatic carbocycles. The fourth-order valence-corrected chi connectivity index (χ4v) is 2.28. The smallest absolute Gasteiger partial charge is 0.128 e. The molecular weight excluding hydrogens is 264 g/mol. The number of aromatic nitrogens is 5. The van der Waals surface area contributed by atoms with Crippen LogP contribution < -0.4 is 5.32 Å². The second kappa shape index (κ2) is 5.05. The van der Waals surface area contributed by atoms with E-state index < -0.39 is 0 Å². The first-order valence-corrected chi connectivity index (χ1v) is 7.12. The van der Waals surface area contributed by atoms with Crippen molar-refractivity contribution in [2.45, 2.75) is 25.4 Å². The highest BCUT2D eigenvalue weighted by Gasteiger charge is 2.23. The van der Waals surface area contributed by atoms with E-state index in [0.29, 0.717) is 12.6 Å². The number of nitrogens with one attached hydrogen (secondary N) is 1. The van der Waals surface area contributed by atoms with Crippen molar-refractivity contribution in [2.75, 3.05) is 5.32 Å². The monoisotopic (exact) mass is 280 g/mol. The number of nitrogens with zero attached hydrogens (tertiary/aromatic N) is 5. The van der Waals surface area contributed by atoms with Crippen LogP contribution >= 0.6 is 0 Å². The standard InChI is InChI=1S/C15H16N6/c1-6-18-20(8-1)14-4-7-16-15(10-14)17-11-12-5-9-21(19-12)13-2-3-13/h1,4-10,13H,2-3,11H2,(H,16,17). The van der Waals surface area contributed by atoms with Gasteiger partial charge in [0, 0.05) is 30.9 Å². The number of pyridine rings is 1. The van der Waals surface area contributed by atoms with Crippen LogP contribution in [-0.2, 0) is 6.54 Å². The van der Waals surface area contributed by atoms with Crippen LogP contribution in [0.25, 0.3) is 5.69 Å². The molecule has 0 bridgehead atoms. The molecule has 0 radical (unpaired) electrons. The molecule has 21 heavy (non-hydrogen) atoms. The largest absolute Gasteiger partial charge is 0.364 e. The normalized spacial score (nSPS) is 14.3. The molecule has 0 spiro atoms. The summed E-state index contributed by atoms with van der Waals surface area (Å²) in [5.41, 5.74) is 2.02. The Kier molecular flexibility index (Phi) is 2.92. The minimum absolute atomic E-state index is 0.625. The van der Waals surface area contributed by atoms with Crippen LogP contribution in [0.2, 0.25) is 0 Å². The van der Waals surface area contributed by atoms with Crippen molar-refractivity contribution in [3.8, 4) is 5.69 Å². The van der Waals surface area contributed by atoms with Gasteiger partial charge in [-0.25, -0.2) is 9.67 Å². The Morgan fingerprint density at radius 3 is 2.95 bits per heavy atom. The zero-order valence-electron chi connectivity index (χ0n) is 11.6. The van der Waals surface area contributed by atoms with Crippen LogP contribution in [0.15, 0.2) is 49.1 Å². The summed E-state index contributed by atoms with van der Waals surface area (Å²) in [5.74, 6) is 0.823. The Bertz CT molecular complexity index is 726. The maximum atomic E-state index is 4.57. The van der Waals surface area contributed by atoms with Gasteiger partial charge in [-0.2, -0.15) is 10.2 Å². The van der Waals surface area contributed by atoms with Crippen LogP contribution in [0.4, 0.5) is 5.82 Å². The summed E-state index contributed by atoms with van der Waals surface area (Å²) in [4.78, 5) is 4.33. The van der Waals surface area contributed by atoms with Crippen LogP contribution in [0.1, 0.15) is 24.6 Å². The Morgan fingerprint density at radius 2 is 2.14 bits per heavy atom. The van der Waals surface area contributed by atoms with Crippen LogP contribution in [0.3, 0.4) is 0 Å². The molecule has 106 valence electrons. The lowest BCUT2D eigenvalue weighted by Gasteiger charge is -2.06. The Hall–Kier alpha value is -2.63. The van der Waals surface area contributed by atoms with Gasteiger partial charge in [0.15, 0.2) is 0 Å². The summed E-state index contributed by atoms with van der Waals surface area (Å²) in [5, 5.41) is 12.1. The van der Waals surface area contributed by atoms with E-state index in [1.54, 1.807) is 12.4 Å². The number of rotatable bonds is 5. The molecule has 3 heterocycles. The van der Waals surface area contributed by atoms with Crippen molar-refractivity contribution in [1.29, 1.82) is 0 Å². The van der Waals surface area contributed by atoms with Crippen molar-refractivity contribution in [3.63, 3.8) is 0 Å². The van der Waals surface area contributed by atoms with E-state index in [1.165, 1.54) is 12.8 Å². The molecule has 0 aromatic carbocycles. The van der Waals surface area contributed by atoms with Crippen LogP contribution in [0.5, 0.6) is 0 Å². The van der Waals surface area contributed by atoms with Gasteiger partial charge < -0.3 is 5.32 Å². The van der Waals surface area contributed by atoms with Crippen molar-refractivity contribution in [1.82, 2.24) is 24.5 Å². The highest BCUT2D eigenvalue weighted by atomic mass is 15.3. The van der Waals surface area contributed by atoms with E-state index in [2.05, 4.69) is 37.4 Å². The molecule has 6 nitrogen and oxygen atoms in total. The van der Waals surface area contributed by atoms with Gasteiger partial charge in [-0.3, -0.25) is 4.68 Å². The molecule has 4 rings (SSSR count). The minimum Gasteiger partial charge on any atom is -0.364 e. The molecule has 3 aromatic heterocycles. The van der Waals surface area contributed by atoms with Crippen LogP contribution in [0, 0.1) is 0 Å². The van der Waals surface area contributed by atoms with E-state index in [1.807, 2.05) is 29.1 Å². The number of hydrogen-bond acceptors (Lipinski definition) is 4. The third-order valence-corrected chi connectivity index (χ3v) is 3.55. The molecule has 6 heteroatoms. The fourth-order valence-electron chi connectivity index (χ4n) is 2.28. The highest BCUT2D eigenvalue weighted by molar-refractivity contribution is 5.44. The molecule has 1 fully saturated rings. The quantitative estimate of drug-likeness (QED) is 0.779. The van der Waals surface area contributed by atoms with E-state index in [9.17, 15) is 0 Å². The zero-order chi connectivity index (χ0) is 14.1. The Labute approximate surface area is 122 Å². The summed E-state index contributed by atoms with van der Waals surface area (Å²) in [6, 6.07) is 8.49. The minimum atomic E-state index is 0.625. The first-order valence-electron chi connectivity index (χ1n) is 7.12. The molecule has 0 atom stereocenters. The maximum absolute atomic E-state index is 4.57. The second-order valence-electron chi connectivity index (χ2n) is 5.22. The van der Waals surface area contributed by atoms with Gasteiger partial charge in [0.25, 0.3) is 0 Å². The molecule has 0 unspecified atom stereocenters. The Morgan fingerprint density at radius 1 is 1.19 bits per heavy atom. The first-order chi connectivity index (χ1) is 10.4. The van der Waals surface area contributed by atoms with Gasteiger partial charge in [0.1, 0.15) is 5.82 Å². The second-order valence-corrected chi connectivity index (χ2v) is 5.22. The van der Waals surface area contributed by atoms with Gasteiger partial charge >= 0.3 is 0 Å². The van der Waals surface area contributed by atoms with Gasteiger partial charge in [-0.15, -0.1) is 0 Å². The molecule has 0 aliphatic heterocycles. The SMILES string of the molecule is c1cnn(-c2ccnc(NCc3ccn(C4CC4)n3)c2)c1. The predicted octanol–water partition coefficient (Wildman–Crippen LogP) is 2.41. The lowest BCUT2D eigenvalue weighted by Crippen LogP contribution is -2.04. The lowest BCUT2D eigenvalue weighted by atomic mass is 10.3. The molecule has 0 amide bonds. The lowest BCUT2D eigenvalue weighted by molar-refractivity contribution is 0.631. The van der Waals surface area contributed by atoms with Gasteiger partial charge in [0.05, 0.1) is 24.0 Å². The highest BCUT2D eigenvalue weighted by Crippen LogP contribution is 2.33. The maximum Gasteiger partial charge on any atom is 0.128 e. The van der Waals surface area contributed by atoms with Crippen molar-refractivity contribution < 1.29 is 0 Å². The van der Waals surface area contributed by atoms with Gasteiger partial charge in [-0.1, -0.05) is 0 Å². The third-order valence-electron chi connectivity index (χ3n) is 3.55. The van der Waals surface area contributed by atoms with Crippen LogP contribution in [-0.4, -0.2) is 24.5 Å². The molecule has 1 saturated carbocycles. The fraction of sp³-hybridized carbons (Fsp3) is 0.267. The van der Waals surface area contributed by atoms with Crippen molar-refractivity contribution in [2.24, 2.45) is 0 Å². The molecule has 0 saturated heterocycles. The van der Waals surface area contributed by atoms with Crippen molar-refractivity contribution in [3.05, 3.63) is 54.7 Å². The summed E-state index contributed by atoms with van der Waals surface area (Å²) < 4.78 is 3.87. The molecular formula is C15H16N6. The third kappa shape index (κ3) is 2.65. The molecule has 1 N–H and O–H groups in total. The van der Waals surface area contributed by atoms with Gasteiger partial charge in [0.2, 0.25) is 0 Å². The van der Waals surface area contributed by atoms with E-state index in [0.717, 1.165) is 17.2 Å². The topological polar surface area (TPSA) is 60.6 Å². The summed E-state index contributed by atoms with van der Waals surface area (Å²) in [6.07, 6.45) is 10.0. The summed E-state index contributed by atoms with van der Waals surface area (Å²) in [7, 11) is 0. The number of anilines is 1. The Balaban J connectivity index is 1.45. The average molecular weight is 280 g/mol. The molecule has 1 aliphatic rings. The predicted molar refractivity (Wildman–Crippen MR) is 79.2 cm³/mol.